The maximum Gasteiger partial charge on any atom is 0.164 e. The van der Waals surface area contributed by atoms with Gasteiger partial charge in [0.05, 0.1) is 0 Å². The Bertz CT molecular complexity index is 433. The molecule has 0 aliphatic carbocycles. The van der Waals surface area contributed by atoms with Gasteiger partial charge in [-0.05, 0) is 62.0 Å². The van der Waals surface area contributed by atoms with Crippen molar-refractivity contribution in [3.8, 4) is 0 Å². The molecule has 0 aromatic heterocycles. The topological polar surface area (TPSA) is 20.3 Å². The Morgan fingerprint density at radius 3 is 2.40 bits per heavy atom. The maximum atomic E-state index is 12.8. The molecule has 1 aromatic rings. The van der Waals surface area contributed by atoms with E-state index in [9.17, 15) is 9.18 Å². The van der Waals surface area contributed by atoms with Crippen molar-refractivity contribution in [2.24, 2.45) is 11.8 Å². The zero-order chi connectivity index (χ0) is 14.5. The predicted molar refractivity (Wildman–Crippen MR) is 79.3 cm³/mol. The minimum absolute atomic E-state index is 0.107. The van der Waals surface area contributed by atoms with E-state index < -0.39 is 0 Å². The van der Waals surface area contributed by atoms with E-state index in [4.69, 9.17) is 0 Å². The highest BCUT2D eigenvalue weighted by molar-refractivity contribution is 5.96. The standard InChI is InChI=1S/C17H24FNO/c1-13(2)14-7-10-19(11-8-14)12-9-17(20)15-3-5-16(18)6-4-15/h3-6,13-14H,7-12H2,1-2H3. The summed E-state index contributed by atoms with van der Waals surface area (Å²) in [5.41, 5.74) is 0.614. The van der Waals surface area contributed by atoms with Crippen molar-refractivity contribution in [1.82, 2.24) is 4.90 Å². The summed E-state index contributed by atoms with van der Waals surface area (Å²) in [6.45, 7) is 7.59. The Balaban J connectivity index is 1.76. The lowest BCUT2D eigenvalue weighted by molar-refractivity contribution is 0.0943. The molecule has 1 heterocycles. The summed E-state index contributed by atoms with van der Waals surface area (Å²) in [5, 5.41) is 0. The van der Waals surface area contributed by atoms with Gasteiger partial charge in [-0.1, -0.05) is 13.8 Å². The highest BCUT2D eigenvalue weighted by atomic mass is 19.1. The Morgan fingerprint density at radius 1 is 1.25 bits per heavy atom. The van der Waals surface area contributed by atoms with E-state index in [-0.39, 0.29) is 11.6 Å². The molecule has 20 heavy (non-hydrogen) atoms. The average molecular weight is 277 g/mol. The van der Waals surface area contributed by atoms with Crippen LogP contribution in [0.1, 0.15) is 43.5 Å². The fourth-order valence-corrected chi connectivity index (χ4v) is 2.88. The highest BCUT2D eigenvalue weighted by Crippen LogP contribution is 2.24. The molecular formula is C17H24FNO. The van der Waals surface area contributed by atoms with Crippen LogP contribution in [-0.4, -0.2) is 30.3 Å². The van der Waals surface area contributed by atoms with E-state index in [2.05, 4.69) is 18.7 Å². The van der Waals surface area contributed by atoms with Crippen LogP contribution < -0.4 is 0 Å². The molecule has 0 bridgehead atoms. The molecule has 1 aliphatic heterocycles. The first kappa shape index (κ1) is 15.2. The van der Waals surface area contributed by atoms with Crippen molar-refractivity contribution in [3.05, 3.63) is 35.6 Å². The Kier molecular flexibility index (Phi) is 5.30. The number of piperidine rings is 1. The van der Waals surface area contributed by atoms with Crippen molar-refractivity contribution in [2.45, 2.75) is 33.1 Å². The lowest BCUT2D eigenvalue weighted by Crippen LogP contribution is -2.36. The van der Waals surface area contributed by atoms with Gasteiger partial charge < -0.3 is 4.90 Å². The van der Waals surface area contributed by atoms with E-state index in [1.165, 1.54) is 25.0 Å². The molecule has 2 rings (SSSR count). The number of carbonyl (C=O) groups excluding carboxylic acids is 1. The molecule has 2 nitrogen and oxygen atoms in total. The van der Waals surface area contributed by atoms with Crippen molar-refractivity contribution in [3.63, 3.8) is 0 Å². The van der Waals surface area contributed by atoms with Gasteiger partial charge in [0.1, 0.15) is 5.82 Å². The predicted octanol–water partition coefficient (Wildman–Crippen LogP) is 3.77. The third-order valence-corrected chi connectivity index (χ3v) is 4.40. The Hall–Kier alpha value is -1.22. The van der Waals surface area contributed by atoms with E-state index >= 15 is 0 Å². The largest absolute Gasteiger partial charge is 0.303 e. The molecule has 1 aromatic carbocycles. The molecule has 0 saturated carbocycles. The number of rotatable bonds is 5. The number of nitrogens with zero attached hydrogens (tertiary/aromatic N) is 1. The van der Waals surface area contributed by atoms with Crippen molar-refractivity contribution in [2.75, 3.05) is 19.6 Å². The Labute approximate surface area is 121 Å². The van der Waals surface area contributed by atoms with Crippen molar-refractivity contribution < 1.29 is 9.18 Å². The quantitative estimate of drug-likeness (QED) is 0.764. The summed E-state index contributed by atoms with van der Waals surface area (Å²) < 4.78 is 12.8. The van der Waals surface area contributed by atoms with Crippen LogP contribution in [0.3, 0.4) is 0 Å². The summed E-state index contributed by atoms with van der Waals surface area (Å²) in [6.07, 6.45) is 3.00. The van der Waals surface area contributed by atoms with E-state index in [1.807, 2.05) is 0 Å². The third-order valence-electron chi connectivity index (χ3n) is 4.40. The molecule has 0 unspecified atom stereocenters. The van der Waals surface area contributed by atoms with Crippen LogP contribution in [0.2, 0.25) is 0 Å². The number of halogens is 1. The van der Waals surface area contributed by atoms with Gasteiger partial charge in [0.25, 0.3) is 0 Å². The first-order chi connectivity index (χ1) is 9.56. The van der Waals surface area contributed by atoms with Crippen LogP contribution >= 0.6 is 0 Å². The van der Waals surface area contributed by atoms with Crippen molar-refractivity contribution >= 4 is 5.78 Å². The van der Waals surface area contributed by atoms with Gasteiger partial charge in [0, 0.05) is 18.5 Å². The maximum absolute atomic E-state index is 12.8. The molecule has 110 valence electrons. The minimum Gasteiger partial charge on any atom is -0.303 e. The van der Waals surface area contributed by atoms with Crippen LogP contribution in [0.25, 0.3) is 0 Å². The highest BCUT2D eigenvalue weighted by Gasteiger charge is 2.21. The SMILES string of the molecule is CC(C)C1CCN(CCC(=O)c2ccc(F)cc2)CC1. The summed E-state index contributed by atoms with van der Waals surface area (Å²) >= 11 is 0. The molecular weight excluding hydrogens is 253 g/mol. The molecule has 0 N–H and O–H groups in total. The van der Waals surface area contributed by atoms with Gasteiger partial charge in [0.2, 0.25) is 0 Å². The first-order valence-corrected chi connectivity index (χ1v) is 7.57. The zero-order valence-corrected chi connectivity index (χ0v) is 12.4. The van der Waals surface area contributed by atoms with Crippen molar-refractivity contribution in [1.29, 1.82) is 0 Å². The van der Waals surface area contributed by atoms with Crippen LogP contribution in [0.15, 0.2) is 24.3 Å². The molecule has 0 spiro atoms. The number of carbonyl (C=O) groups is 1. The van der Waals surface area contributed by atoms with Crippen LogP contribution in [-0.2, 0) is 0 Å². The average Bonchev–Trinajstić information content (AvgIpc) is 2.46. The van der Waals surface area contributed by atoms with Gasteiger partial charge in [-0.15, -0.1) is 0 Å². The molecule has 1 saturated heterocycles. The van der Waals surface area contributed by atoms with Gasteiger partial charge in [-0.2, -0.15) is 0 Å². The second-order valence-electron chi connectivity index (χ2n) is 6.10. The molecule has 0 radical (unpaired) electrons. The Morgan fingerprint density at radius 2 is 1.85 bits per heavy atom. The fraction of sp³-hybridized carbons (Fsp3) is 0.588. The third kappa shape index (κ3) is 4.14. The van der Waals surface area contributed by atoms with Crippen LogP contribution in [0, 0.1) is 17.7 Å². The zero-order valence-electron chi connectivity index (χ0n) is 12.4. The van der Waals surface area contributed by atoms with E-state index in [0.717, 1.165) is 31.5 Å². The second-order valence-corrected chi connectivity index (χ2v) is 6.10. The van der Waals surface area contributed by atoms with Gasteiger partial charge in [-0.3, -0.25) is 4.79 Å². The summed E-state index contributed by atoms with van der Waals surface area (Å²) in [4.78, 5) is 14.4. The lowest BCUT2D eigenvalue weighted by Gasteiger charge is -2.33. The number of Topliss-reactive ketones (excluding diaryl/α,β-unsaturated/α-hetero) is 1. The lowest BCUT2D eigenvalue weighted by atomic mass is 9.86. The van der Waals surface area contributed by atoms with Gasteiger partial charge in [-0.25, -0.2) is 4.39 Å². The fourth-order valence-electron chi connectivity index (χ4n) is 2.88. The molecule has 0 atom stereocenters. The first-order valence-electron chi connectivity index (χ1n) is 7.57. The normalized spacial score (nSPS) is 17.6. The van der Waals surface area contributed by atoms with Crippen LogP contribution in [0.4, 0.5) is 4.39 Å². The smallest absolute Gasteiger partial charge is 0.164 e. The minimum atomic E-state index is -0.294. The van der Waals surface area contributed by atoms with Crippen LogP contribution in [0.5, 0.6) is 0 Å². The number of benzene rings is 1. The van der Waals surface area contributed by atoms with E-state index in [0.29, 0.717) is 12.0 Å². The molecule has 1 aliphatic rings. The van der Waals surface area contributed by atoms with E-state index in [1.54, 1.807) is 12.1 Å². The summed E-state index contributed by atoms with van der Waals surface area (Å²) in [7, 11) is 0. The molecule has 1 fully saturated rings. The number of likely N-dealkylation sites (tertiary alicyclic amines) is 1. The summed E-state index contributed by atoms with van der Waals surface area (Å²) in [5.74, 6) is 1.41. The molecule has 0 amide bonds. The summed E-state index contributed by atoms with van der Waals surface area (Å²) in [6, 6.07) is 5.84. The molecule has 3 heteroatoms. The number of ketones is 1. The van der Waals surface area contributed by atoms with Gasteiger partial charge >= 0.3 is 0 Å². The number of hydrogen-bond donors (Lipinski definition) is 0. The monoisotopic (exact) mass is 277 g/mol. The number of hydrogen-bond acceptors (Lipinski definition) is 2. The second kappa shape index (κ2) is 6.98. The van der Waals surface area contributed by atoms with Gasteiger partial charge in [0.15, 0.2) is 5.78 Å².